The van der Waals surface area contributed by atoms with Gasteiger partial charge in [0.15, 0.2) is 6.61 Å². The van der Waals surface area contributed by atoms with E-state index in [-0.39, 0.29) is 12.5 Å². The first kappa shape index (κ1) is 16.6. The van der Waals surface area contributed by atoms with Crippen LogP contribution in [0.4, 0.5) is 5.69 Å². The molecule has 1 N–H and O–H groups in total. The van der Waals surface area contributed by atoms with E-state index >= 15 is 0 Å². The molecular formula is C18H18N4O3. The fourth-order valence-electron chi connectivity index (χ4n) is 2.17. The monoisotopic (exact) mass is 338 g/mol. The number of aromatic nitrogens is 3. The van der Waals surface area contributed by atoms with E-state index in [1.165, 1.54) is 0 Å². The lowest BCUT2D eigenvalue weighted by molar-refractivity contribution is 0.102. The van der Waals surface area contributed by atoms with Crippen molar-refractivity contribution in [1.82, 2.24) is 15.1 Å². The second-order valence-electron chi connectivity index (χ2n) is 5.41. The first-order valence-corrected chi connectivity index (χ1v) is 7.92. The number of carbonyl (C=O) groups excluding carboxylic acids is 1. The molecule has 0 aliphatic rings. The van der Waals surface area contributed by atoms with Crippen molar-refractivity contribution >= 4 is 11.6 Å². The van der Waals surface area contributed by atoms with Gasteiger partial charge >= 0.3 is 0 Å². The highest BCUT2D eigenvalue weighted by Gasteiger charge is 2.08. The van der Waals surface area contributed by atoms with Gasteiger partial charge in [0, 0.05) is 29.6 Å². The molecule has 0 unspecified atom stereocenters. The zero-order valence-corrected chi connectivity index (χ0v) is 14.0. The van der Waals surface area contributed by atoms with Crippen LogP contribution in [0.1, 0.15) is 34.7 Å². The van der Waals surface area contributed by atoms with Crippen LogP contribution in [0, 0.1) is 6.92 Å². The molecule has 2 heterocycles. The maximum Gasteiger partial charge on any atom is 0.255 e. The van der Waals surface area contributed by atoms with E-state index in [1.54, 1.807) is 36.5 Å². The summed E-state index contributed by atoms with van der Waals surface area (Å²) in [6.07, 6.45) is 2.34. The SMILES string of the molecule is CCc1nc(COc2ccc(C(=O)Nc3ccnc(C)c3)cc2)no1. The van der Waals surface area contributed by atoms with Crippen LogP contribution in [-0.2, 0) is 13.0 Å². The maximum absolute atomic E-state index is 12.2. The number of ether oxygens (including phenoxy) is 1. The normalized spacial score (nSPS) is 10.5. The van der Waals surface area contributed by atoms with Gasteiger partial charge in [0.25, 0.3) is 5.91 Å². The van der Waals surface area contributed by atoms with Crippen LogP contribution >= 0.6 is 0 Å². The molecule has 0 spiro atoms. The largest absolute Gasteiger partial charge is 0.485 e. The molecule has 7 nitrogen and oxygen atoms in total. The number of pyridine rings is 1. The van der Waals surface area contributed by atoms with Gasteiger partial charge in [-0.05, 0) is 43.3 Å². The van der Waals surface area contributed by atoms with E-state index in [1.807, 2.05) is 19.9 Å². The third kappa shape index (κ3) is 4.41. The number of anilines is 1. The fraction of sp³-hybridized carbons (Fsp3) is 0.222. The number of nitrogens with one attached hydrogen (secondary N) is 1. The Morgan fingerprint density at radius 2 is 2.04 bits per heavy atom. The molecule has 2 aromatic heterocycles. The average Bonchev–Trinajstić information content (AvgIpc) is 3.08. The van der Waals surface area contributed by atoms with E-state index in [4.69, 9.17) is 9.26 Å². The highest BCUT2D eigenvalue weighted by molar-refractivity contribution is 6.04. The molecule has 1 amide bonds. The first-order valence-electron chi connectivity index (χ1n) is 7.92. The Balaban J connectivity index is 1.58. The van der Waals surface area contributed by atoms with E-state index in [9.17, 15) is 4.79 Å². The molecule has 7 heteroatoms. The Kier molecular flexibility index (Phi) is 5.03. The molecule has 3 rings (SSSR count). The summed E-state index contributed by atoms with van der Waals surface area (Å²) in [5.41, 5.74) is 2.09. The van der Waals surface area contributed by atoms with Crippen LogP contribution in [0.2, 0.25) is 0 Å². The van der Waals surface area contributed by atoms with Crippen molar-refractivity contribution in [2.24, 2.45) is 0 Å². The predicted octanol–water partition coefficient (Wildman–Crippen LogP) is 3.17. The molecule has 0 saturated heterocycles. The van der Waals surface area contributed by atoms with Gasteiger partial charge in [0.2, 0.25) is 11.7 Å². The standard InChI is InChI=1S/C18H18N4O3/c1-3-17-21-16(22-25-17)11-24-15-6-4-13(5-7-15)18(23)20-14-8-9-19-12(2)10-14/h4-10H,3,11H2,1-2H3,(H,19,20,23). The minimum atomic E-state index is -0.192. The minimum Gasteiger partial charge on any atom is -0.485 e. The van der Waals surface area contributed by atoms with E-state index in [2.05, 4.69) is 20.4 Å². The van der Waals surface area contributed by atoms with E-state index < -0.39 is 0 Å². The summed E-state index contributed by atoms with van der Waals surface area (Å²) >= 11 is 0. The predicted molar refractivity (Wildman–Crippen MR) is 91.4 cm³/mol. The van der Waals surface area contributed by atoms with Crippen molar-refractivity contribution in [3.63, 3.8) is 0 Å². The van der Waals surface area contributed by atoms with Crippen molar-refractivity contribution < 1.29 is 14.1 Å². The number of hydrogen-bond donors (Lipinski definition) is 1. The van der Waals surface area contributed by atoms with E-state index in [0.29, 0.717) is 35.1 Å². The molecule has 3 aromatic rings. The van der Waals surface area contributed by atoms with Crippen molar-refractivity contribution in [2.75, 3.05) is 5.32 Å². The van der Waals surface area contributed by atoms with Crippen molar-refractivity contribution in [2.45, 2.75) is 26.9 Å². The van der Waals surface area contributed by atoms with Gasteiger partial charge in [-0.15, -0.1) is 0 Å². The third-order valence-corrected chi connectivity index (χ3v) is 3.45. The number of benzene rings is 1. The zero-order chi connectivity index (χ0) is 17.6. The van der Waals surface area contributed by atoms with Gasteiger partial charge < -0.3 is 14.6 Å². The molecular weight excluding hydrogens is 320 g/mol. The molecule has 0 aliphatic heterocycles. The Bertz CT molecular complexity index is 859. The van der Waals surface area contributed by atoms with Crippen LogP contribution in [0.15, 0.2) is 47.1 Å². The fourth-order valence-corrected chi connectivity index (χ4v) is 2.17. The highest BCUT2D eigenvalue weighted by Crippen LogP contribution is 2.15. The van der Waals surface area contributed by atoms with Crippen LogP contribution in [-0.4, -0.2) is 21.0 Å². The number of amides is 1. The molecule has 25 heavy (non-hydrogen) atoms. The average molecular weight is 338 g/mol. The highest BCUT2D eigenvalue weighted by atomic mass is 16.5. The van der Waals surface area contributed by atoms with Gasteiger partial charge in [-0.25, -0.2) is 0 Å². The summed E-state index contributed by atoms with van der Waals surface area (Å²) in [6, 6.07) is 10.4. The Labute approximate surface area is 145 Å². The van der Waals surface area contributed by atoms with Crippen LogP contribution in [0.3, 0.4) is 0 Å². The molecule has 0 fully saturated rings. The third-order valence-electron chi connectivity index (χ3n) is 3.45. The maximum atomic E-state index is 12.2. The van der Waals surface area contributed by atoms with Crippen molar-refractivity contribution in [3.8, 4) is 5.75 Å². The Morgan fingerprint density at radius 1 is 1.24 bits per heavy atom. The molecule has 0 radical (unpaired) electrons. The van der Waals surface area contributed by atoms with Crippen LogP contribution < -0.4 is 10.1 Å². The van der Waals surface area contributed by atoms with Gasteiger partial charge in [-0.1, -0.05) is 12.1 Å². The number of rotatable bonds is 6. The second kappa shape index (κ2) is 7.57. The smallest absolute Gasteiger partial charge is 0.255 e. The quantitative estimate of drug-likeness (QED) is 0.742. The lowest BCUT2D eigenvalue weighted by Crippen LogP contribution is -2.12. The van der Waals surface area contributed by atoms with Crippen molar-refractivity contribution in [3.05, 3.63) is 65.6 Å². The molecule has 1 aromatic carbocycles. The number of aryl methyl sites for hydroxylation is 2. The minimum absolute atomic E-state index is 0.192. The molecule has 0 saturated carbocycles. The van der Waals surface area contributed by atoms with Crippen LogP contribution in [0.25, 0.3) is 0 Å². The number of hydrogen-bond acceptors (Lipinski definition) is 6. The molecule has 0 bridgehead atoms. The summed E-state index contributed by atoms with van der Waals surface area (Å²) in [5, 5.41) is 6.65. The second-order valence-corrected chi connectivity index (χ2v) is 5.41. The molecule has 128 valence electrons. The van der Waals surface area contributed by atoms with Gasteiger partial charge in [0.1, 0.15) is 5.75 Å². The Morgan fingerprint density at radius 3 is 2.72 bits per heavy atom. The lowest BCUT2D eigenvalue weighted by atomic mass is 10.2. The molecule has 0 aliphatic carbocycles. The number of nitrogens with zero attached hydrogens (tertiary/aromatic N) is 3. The lowest BCUT2D eigenvalue weighted by Gasteiger charge is -2.07. The van der Waals surface area contributed by atoms with Crippen molar-refractivity contribution in [1.29, 1.82) is 0 Å². The first-order chi connectivity index (χ1) is 12.1. The van der Waals surface area contributed by atoms with E-state index in [0.717, 1.165) is 5.69 Å². The number of carbonyl (C=O) groups is 1. The van der Waals surface area contributed by atoms with Gasteiger partial charge in [0.05, 0.1) is 0 Å². The zero-order valence-electron chi connectivity index (χ0n) is 14.0. The topological polar surface area (TPSA) is 90.1 Å². The Hall–Kier alpha value is -3.22. The summed E-state index contributed by atoms with van der Waals surface area (Å²) in [7, 11) is 0. The van der Waals surface area contributed by atoms with Gasteiger partial charge in [-0.3, -0.25) is 9.78 Å². The summed E-state index contributed by atoms with van der Waals surface area (Å²) < 4.78 is 10.6. The summed E-state index contributed by atoms with van der Waals surface area (Å²) in [6.45, 7) is 4.02. The molecule has 0 atom stereocenters. The van der Waals surface area contributed by atoms with Gasteiger partial charge in [-0.2, -0.15) is 4.98 Å². The summed E-state index contributed by atoms with van der Waals surface area (Å²) in [5.74, 6) is 1.51. The summed E-state index contributed by atoms with van der Waals surface area (Å²) in [4.78, 5) is 20.5. The van der Waals surface area contributed by atoms with Crippen LogP contribution in [0.5, 0.6) is 5.75 Å².